The zero-order chi connectivity index (χ0) is 24.6. The molecular formula is C22H29N3O7S. The molecule has 2 amide bonds. The fourth-order valence-corrected chi connectivity index (χ4v) is 4.42. The third-order valence-electron chi connectivity index (χ3n) is 4.78. The van der Waals surface area contributed by atoms with Gasteiger partial charge in [0.1, 0.15) is 6.04 Å². The molecule has 0 fully saturated rings. The second kappa shape index (κ2) is 11.6. The quantitative estimate of drug-likeness (QED) is 0.472. The van der Waals surface area contributed by atoms with Gasteiger partial charge in [-0.05, 0) is 42.3 Å². The number of sulfonamides is 1. The van der Waals surface area contributed by atoms with E-state index in [2.05, 4.69) is 10.6 Å². The summed E-state index contributed by atoms with van der Waals surface area (Å²) in [6.07, 6.45) is 1.34. The first-order valence-corrected chi connectivity index (χ1v) is 11.9. The first-order valence-electron chi connectivity index (χ1n) is 10.5. The van der Waals surface area contributed by atoms with Crippen LogP contribution in [0.3, 0.4) is 0 Å². The summed E-state index contributed by atoms with van der Waals surface area (Å²) in [5, 5.41) is 5.07. The van der Waals surface area contributed by atoms with Crippen molar-refractivity contribution in [1.29, 1.82) is 0 Å². The predicted octanol–water partition coefficient (Wildman–Crippen LogP) is 2.25. The number of anilines is 1. The van der Waals surface area contributed by atoms with Gasteiger partial charge in [-0.25, -0.2) is 13.2 Å². The van der Waals surface area contributed by atoms with Crippen LogP contribution < -0.4 is 10.6 Å². The molecule has 0 unspecified atom stereocenters. The molecule has 1 aromatic carbocycles. The summed E-state index contributed by atoms with van der Waals surface area (Å²) in [4.78, 5) is 36.8. The number of ether oxygens (including phenoxy) is 1. The van der Waals surface area contributed by atoms with Crippen molar-refractivity contribution >= 4 is 33.5 Å². The lowest BCUT2D eigenvalue weighted by Gasteiger charge is -2.20. The van der Waals surface area contributed by atoms with Gasteiger partial charge in [-0.1, -0.05) is 27.7 Å². The van der Waals surface area contributed by atoms with E-state index in [-0.39, 0.29) is 16.6 Å². The summed E-state index contributed by atoms with van der Waals surface area (Å²) in [7, 11) is -3.60. The average Bonchev–Trinajstić information content (AvgIpc) is 3.31. The molecule has 180 valence electrons. The Morgan fingerprint density at radius 2 is 1.70 bits per heavy atom. The molecule has 0 radical (unpaired) electrons. The van der Waals surface area contributed by atoms with Crippen LogP contribution in [0.25, 0.3) is 0 Å². The van der Waals surface area contributed by atoms with Crippen LogP contribution in [-0.2, 0) is 24.3 Å². The van der Waals surface area contributed by atoms with Crippen molar-refractivity contribution in [2.45, 2.75) is 38.6 Å². The van der Waals surface area contributed by atoms with E-state index in [1.807, 2.05) is 0 Å². The number of benzene rings is 1. The van der Waals surface area contributed by atoms with Crippen LogP contribution in [0, 0.1) is 5.92 Å². The van der Waals surface area contributed by atoms with Crippen LogP contribution in [0.4, 0.5) is 5.69 Å². The van der Waals surface area contributed by atoms with Crippen molar-refractivity contribution in [3.05, 3.63) is 48.4 Å². The highest BCUT2D eigenvalue weighted by Crippen LogP contribution is 2.18. The van der Waals surface area contributed by atoms with E-state index in [1.54, 1.807) is 33.8 Å². The molecule has 0 aliphatic carbocycles. The lowest BCUT2D eigenvalue weighted by molar-refractivity contribution is -0.150. The smallest absolute Gasteiger partial charge is 0.329 e. The molecule has 0 bridgehead atoms. The van der Waals surface area contributed by atoms with Crippen molar-refractivity contribution in [2.24, 2.45) is 5.92 Å². The molecule has 1 heterocycles. The van der Waals surface area contributed by atoms with Crippen LogP contribution in [-0.4, -0.2) is 56.2 Å². The molecule has 33 heavy (non-hydrogen) atoms. The van der Waals surface area contributed by atoms with Gasteiger partial charge in [-0.2, -0.15) is 4.31 Å². The van der Waals surface area contributed by atoms with Crippen molar-refractivity contribution in [3.8, 4) is 0 Å². The maximum absolute atomic E-state index is 12.5. The Morgan fingerprint density at radius 1 is 1.06 bits per heavy atom. The first kappa shape index (κ1) is 26.1. The molecule has 2 aromatic rings. The lowest BCUT2D eigenvalue weighted by atomic mass is 10.0. The summed E-state index contributed by atoms with van der Waals surface area (Å²) >= 11 is 0. The van der Waals surface area contributed by atoms with Gasteiger partial charge in [-0.15, -0.1) is 0 Å². The summed E-state index contributed by atoms with van der Waals surface area (Å²) in [5.74, 6) is -2.18. The minimum absolute atomic E-state index is 0.0534. The van der Waals surface area contributed by atoms with Crippen molar-refractivity contribution < 1.29 is 32.0 Å². The highest BCUT2D eigenvalue weighted by molar-refractivity contribution is 7.89. The number of nitrogens with zero attached hydrogens (tertiary/aromatic N) is 1. The van der Waals surface area contributed by atoms with Crippen LogP contribution in [0.2, 0.25) is 0 Å². The number of esters is 1. The molecule has 0 saturated carbocycles. The molecule has 1 aromatic heterocycles. The van der Waals surface area contributed by atoms with E-state index in [0.717, 1.165) is 0 Å². The SMILES string of the molecule is CCN(CC)S(=O)(=O)c1ccc(NC(=O)COC(=O)[C@@H](NC(=O)c2ccco2)C(C)C)cc1. The van der Waals surface area contributed by atoms with Crippen molar-refractivity contribution in [3.63, 3.8) is 0 Å². The highest BCUT2D eigenvalue weighted by atomic mass is 32.2. The topological polar surface area (TPSA) is 135 Å². The maximum atomic E-state index is 12.5. The Balaban J connectivity index is 1.93. The fraction of sp³-hybridized carbons (Fsp3) is 0.409. The second-order valence-electron chi connectivity index (χ2n) is 7.44. The van der Waals surface area contributed by atoms with Crippen LogP contribution in [0.5, 0.6) is 0 Å². The normalized spacial score (nSPS) is 12.4. The van der Waals surface area contributed by atoms with Crippen LogP contribution in [0.15, 0.2) is 52.0 Å². The molecule has 11 heteroatoms. The van der Waals surface area contributed by atoms with E-state index in [1.165, 1.54) is 40.9 Å². The molecule has 0 aliphatic rings. The molecular weight excluding hydrogens is 450 g/mol. The predicted molar refractivity (Wildman–Crippen MR) is 121 cm³/mol. The summed E-state index contributed by atoms with van der Waals surface area (Å²) < 4.78 is 36.4. The molecule has 1 atom stereocenters. The second-order valence-corrected chi connectivity index (χ2v) is 9.38. The zero-order valence-corrected chi connectivity index (χ0v) is 19.8. The Morgan fingerprint density at radius 3 is 2.21 bits per heavy atom. The Kier molecular flexibility index (Phi) is 9.18. The minimum Gasteiger partial charge on any atom is -0.459 e. The number of carbonyl (C=O) groups is 3. The largest absolute Gasteiger partial charge is 0.459 e. The van der Waals surface area contributed by atoms with E-state index in [0.29, 0.717) is 18.8 Å². The summed E-state index contributed by atoms with van der Waals surface area (Å²) in [6, 6.07) is 7.74. The number of carbonyl (C=O) groups excluding carboxylic acids is 3. The third kappa shape index (κ3) is 6.90. The monoisotopic (exact) mass is 479 g/mol. The van der Waals surface area contributed by atoms with Gasteiger partial charge >= 0.3 is 5.97 Å². The number of furan rings is 1. The number of hydrogen-bond acceptors (Lipinski definition) is 7. The van der Waals surface area contributed by atoms with Crippen molar-refractivity contribution in [2.75, 3.05) is 25.0 Å². The standard InChI is InChI=1S/C22H29N3O7S/c1-5-25(6-2)33(29,30)17-11-9-16(10-12-17)23-19(26)14-32-22(28)20(15(3)4)24-21(27)18-8-7-13-31-18/h7-13,15,20H,5-6,14H2,1-4H3,(H,23,26)(H,24,27)/t20-/m0/s1. The van der Waals surface area contributed by atoms with Crippen LogP contribution in [0.1, 0.15) is 38.2 Å². The Bertz CT molecular complexity index is 1040. The first-order chi connectivity index (χ1) is 15.6. The third-order valence-corrected chi connectivity index (χ3v) is 6.84. The van der Waals surface area contributed by atoms with Gasteiger partial charge in [0.25, 0.3) is 11.8 Å². The van der Waals surface area contributed by atoms with Gasteiger partial charge in [0.2, 0.25) is 10.0 Å². The van der Waals surface area contributed by atoms with Gasteiger partial charge in [0.15, 0.2) is 12.4 Å². The fourth-order valence-electron chi connectivity index (χ4n) is 2.96. The minimum atomic E-state index is -3.60. The highest BCUT2D eigenvalue weighted by Gasteiger charge is 2.27. The Hall–Kier alpha value is -3.18. The molecule has 0 spiro atoms. The molecule has 2 N–H and O–H groups in total. The maximum Gasteiger partial charge on any atom is 0.329 e. The van der Waals surface area contributed by atoms with Gasteiger partial charge in [0, 0.05) is 18.8 Å². The number of nitrogens with one attached hydrogen (secondary N) is 2. The van der Waals surface area contributed by atoms with Gasteiger partial charge in [-0.3, -0.25) is 9.59 Å². The molecule has 10 nitrogen and oxygen atoms in total. The number of amides is 2. The molecule has 0 saturated heterocycles. The van der Waals surface area contributed by atoms with E-state index in [9.17, 15) is 22.8 Å². The molecule has 0 aliphatic heterocycles. The zero-order valence-electron chi connectivity index (χ0n) is 19.0. The van der Waals surface area contributed by atoms with Crippen molar-refractivity contribution in [1.82, 2.24) is 9.62 Å². The summed E-state index contributed by atoms with van der Waals surface area (Å²) in [6.45, 7) is 7.08. The Labute approximate surface area is 193 Å². The van der Waals surface area contributed by atoms with Gasteiger partial charge < -0.3 is 19.8 Å². The van der Waals surface area contributed by atoms with E-state index >= 15 is 0 Å². The lowest BCUT2D eigenvalue weighted by Crippen LogP contribution is -2.45. The van der Waals surface area contributed by atoms with Crippen LogP contribution >= 0.6 is 0 Å². The van der Waals surface area contributed by atoms with E-state index < -0.39 is 40.5 Å². The van der Waals surface area contributed by atoms with E-state index in [4.69, 9.17) is 9.15 Å². The number of hydrogen-bond donors (Lipinski definition) is 2. The molecule has 2 rings (SSSR count). The number of rotatable bonds is 11. The average molecular weight is 480 g/mol. The van der Waals surface area contributed by atoms with Gasteiger partial charge in [0.05, 0.1) is 11.2 Å². The summed E-state index contributed by atoms with van der Waals surface area (Å²) in [5.41, 5.74) is 0.348.